The second-order valence-corrected chi connectivity index (χ2v) is 5.50. The quantitative estimate of drug-likeness (QED) is 0.840. The molecule has 1 aromatic rings. The fraction of sp³-hybridized carbons (Fsp3) is 0.556. The monoisotopic (exact) mass is 235 g/mol. The summed E-state index contributed by atoms with van der Waals surface area (Å²) in [4.78, 5) is 1.33. The summed E-state index contributed by atoms with van der Waals surface area (Å²) in [5.74, 6) is 1.18. The summed E-state index contributed by atoms with van der Waals surface area (Å²) in [6.45, 7) is 0. The second kappa shape index (κ2) is 5.91. The number of nitrogens with one attached hydrogen (secondary N) is 1. The SMILES string of the molecule is CNC(CCSC)c1ccc(Cl)s1. The van der Waals surface area contributed by atoms with Crippen LogP contribution in [0.4, 0.5) is 0 Å². The fourth-order valence-corrected chi connectivity index (χ4v) is 2.86. The minimum absolute atomic E-state index is 0.463. The van der Waals surface area contributed by atoms with Crippen LogP contribution in [0.2, 0.25) is 4.34 Å². The van der Waals surface area contributed by atoms with Gasteiger partial charge in [-0.2, -0.15) is 11.8 Å². The van der Waals surface area contributed by atoms with E-state index in [0.717, 1.165) is 10.8 Å². The summed E-state index contributed by atoms with van der Waals surface area (Å²) in [5, 5.41) is 3.30. The van der Waals surface area contributed by atoms with Gasteiger partial charge in [0.05, 0.1) is 4.34 Å². The van der Waals surface area contributed by atoms with Crippen molar-refractivity contribution in [1.29, 1.82) is 0 Å². The summed E-state index contributed by atoms with van der Waals surface area (Å²) in [7, 11) is 2.00. The van der Waals surface area contributed by atoms with E-state index < -0.39 is 0 Å². The molecule has 1 heterocycles. The highest BCUT2D eigenvalue weighted by atomic mass is 35.5. The Morgan fingerprint density at radius 1 is 1.62 bits per heavy atom. The Hall–Kier alpha value is 0.300. The highest BCUT2D eigenvalue weighted by molar-refractivity contribution is 7.98. The van der Waals surface area contributed by atoms with Crippen LogP contribution >= 0.6 is 34.7 Å². The molecule has 74 valence electrons. The fourth-order valence-electron chi connectivity index (χ4n) is 1.18. The Labute approximate surface area is 92.9 Å². The van der Waals surface area contributed by atoms with Gasteiger partial charge in [0.15, 0.2) is 0 Å². The molecule has 1 rings (SSSR count). The van der Waals surface area contributed by atoms with Crippen LogP contribution < -0.4 is 5.32 Å². The van der Waals surface area contributed by atoms with Gasteiger partial charge in [-0.05, 0) is 37.6 Å². The summed E-state index contributed by atoms with van der Waals surface area (Å²) in [5.41, 5.74) is 0. The van der Waals surface area contributed by atoms with Crippen molar-refractivity contribution in [2.75, 3.05) is 19.1 Å². The molecule has 0 spiro atoms. The van der Waals surface area contributed by atoms with E-state index in [2.05, 4.69) is 17.6 Å². The molecule has 0 bridgehead atoms. The average molecular weight is 236 g/mol. The predicted octanol–water partition coefficient (Wildman–Crippen LogP) is 3.42. The van der Waals surface area contributed by atoms with Crippen molar-refractivity contribution in [3.05, 3.63) is 21.3 Å². The Kier molecular flexibility index (Phi) is 5.17. The molecule has 1 aromatic heterocycles. The molecule has 0 amide bonds. The van der Waals surface area contributed by atoms with Gasteiger partial charge in [0.1, 0.15) is 0 Å². The van der Waals surface area contributed by atoms with E-state index in [1.807, 2.05) is 24.9 Å². The van der Waals surface area contributed by atoms with Crippen LogP contribution in [0.5, 0.6) is 0 Å². The van der Waals surface area contributed by atoms with E-state index in [0.29, 0.717) is 6.04 Å². The molecule has 13 heavy (non-hydrogen) atoms. The van der Waals surface area contributed by atoms with Crippen molar-refractivity contribution in [2.24, 2.45) is 0 Å². The molecule has 0 aromatic carbocycles. The standard InChI is InChI=1S/C9H14ClNS2/c1-11-7(5-6-12-2)8-3-4-9(10)13-8/h3-4,7,11H,5-6H2,1-2H3. The van der Waals surface area contributed by atoms with Gasteiger partial charge in [-0.1, -0.05) is 11.6 Å². The van der Waals surface area contributed by atoms with E-state index in [9.17, 15) is 0 Å². The van der Waals surface area contributed by atoms with Crippen LogP contribution in [-0.4, -0.2) is 19.1 Å². The minimum Gasteiger partial charge on any atom is -0.312 e. The Morgan fingerprint density at radius 2 is 2.38 bits per heavy atom. The molecule has 1 N–H and O–H groups in total. The van der Waals surface area contributed by atoms with Crippen molar-refractivity contribution >= 4 is 34.7 Å². The zero-order valence-corrected chi connectivity index (χ0v) is 10.2. The number of hydrogen-bond donors (Lipinski definition) is 1. The zero-order chi connectivity index (χ0) is 9.68. The van der Waals surface area contributed by atoms with E-state index in [4.69, 9.17) is 11.6 Å². The largest absolute Gasteiger partial charge is 0.312 e. The maximum Gasteiger partial charge on any atom is 0.0931 e. The molecule has 4 heteroatoms. The lowest BCUT2D eigenvalue weighted by atomic mass is 10.2. The first-order chi connectivity index (χ1) is 6.27. The first kappa shape index (κ1) is 11.4. The van der Waals surface area contributed by atoms with Crippen LogP contribution in [0.1, 0.15) is 17.3 Å². The van der Waals surface area contributed by atoms with Gasteiger partial charge in [0.2, 0.25) is 0 Å². The molecule has 0 saturated carbocycles. The lowest BCUT2D eigenvalue weighted by Gasteiger charge is -2.12. The first-order valence-electron chi connectivity index (χ1n) is 4.19. The average Bonchev–Trinajstić information content (AvgIpc) is 2.54. The lowest BCUT2D eigenvalue weighted by Crippen LogP contribution is -2.15. The number of thiophene rings is 1. The van der Waals surface area contributed by atoms with Crippen LogP contribution in [0.25, 0.3) is 0 Å². The summed E-state index contributed by atoms with van der Waals surface area (Å²) >= 11 is 9.42. The molecule has 0 radical (unpaired) electrons. The smallest absolute Gasteiger partial charge is 0.0931 e. The molecule has 0 aliphatic rings. The lowest BCUT2D eigenvalue weighted by molar-refractivity contribution is 0.591. The Balaban J connectivity index is 2.56. The zero-order valence-electron chi connectivity index (χ0n) is 7.84. The van der Waals surface area contributed by atoms with Crippen molar-refractivity contribution in [3.63, 3.8) is 0 Å². The van der Waals surface area contributed by atoms with E-state index >= 15 is 0 Å². The van der Waals surface area contributed by atoms with Crippen molar-refractivity contribution in [3.8, 4) is 0 Å². The van der Waals surface area contributed by atoms with Gasteiger partial charge in [-0.15, -0.1) is 11.3 Å². The third-order valence-electron chi connectivity index (χ3n) is 1.90. The second-order valence-electron chi connectivity index (χ2n) is 2.76. The number of thioether (sulfide) groups is 1. The number of hydrogen-bond acceptors (Lipinski definition) is 3. The topological polar surface area (TPSA) is 12.0 Å². The first-order valence-corrected chi connectivity index (χ1v) is 6.78. The highest BCUT2D eigenvalue weighted by Gasteiger charge is 2.10. The molecule has 1 atom stereocenters. The van der Waals surface area contributed by atoms with Gasteiger partial charge in [0.25, 0.3) is 0 Å². The van der Waals surface area contributed by atoms with Crippen LogP contribution in [0.3, 0.4) is 0 Å². The van der Waals surface area contributed by atoms with Gasteiger partial charge in [-0.3, -0.25) is 0 Å². The Morgan fingerprint density at radius 3 is 2.85 bits per heavy atom. The van der Waals surface area contributed by atoms with Gasteiger partial charge in [-0.25, -0.2) is 0 Å². The highest BCUT2D eigenvalue weighted by Crippen LogP contribution is 2.28. The molecular weight excluding hydrogens is 222 g/mol. The normalized spacial score (nSPS) is 13.2. The maximum atomic E-state index is 5.88. The summed E-state index contributed by atoms with van der Waals surface area (Å²) in [6.07, 6.45) is 3.29. The van der Waals surface area contributed by atoms with E-state index in [1.54, 1.807) is 11.3 Å². The van der Waals surface area contributed by atoms with E-state index in [-0.39, 0.29) is 0 Å². The molecule has 1 unspecified atom stereocenters. The van der Waals surface area contributed by atoms with Gasteiger partial charge in [0, 0.05) is 10.9 Å². The molecular formula is C9H14ClNS2. The number of halogens is 1. The van der Waals surface area contributed by atoms with Gasteiger partial charge < -0.3 is 5.32 Å². The molecule has 1 nitrogen and oxygen atoms in total. The van der Waals surface area contributed by atoms with Crippen LogP contribution in [0, 0.1) is 0 Å². The minimum atomic E-state index is 0.463. The molecule has 0 aliphatic heterocycles. The molecule has 0 fully saturated rings. The third-order valence-corrected chi connectivity index (χ3v) is 3.89. The predicted molar refractivity (Wildman–Crippen MR) is 64.1 cm³/mol. The Bertz CT molecular complexity index is 250. The van der Waals surface area contributed by atoms with Crippen molar-refractivity contribution < 1.29 is 0 Å². The third kappa shape index (κ3) is 3.50. The van der Waals surface area contributed by atoms with Crippen LogP contribution in [0.15, 0.2) is 12.1 Å². The van der Waals surface area contributed by atoms with Crippen molar-refractivity contribution in [1.82, 2.24) is 5.32 Å². The molecule has 0 saturated heterocycles. The molecule has 0 aliphatic carbocycles. The van der Waals surface area contributed by atoms with Crippen LogP contribution in [-0.2, 0) is 0 Å². The summed E-state index contributed by atoms with van der Waals surface area (Å²) in [6, 6.07) is 4.53. The van der Waals surface area contributed by atoms with E-state index in [1.165, 1.54) is 10.6 Å². The maximum absolute atomic E-state index is 5.88. The summed E-state index contributed by atoms with van der Waals surface area (Å²) < 4.78 is 0.874. The number of rotatable bonds is 5. The van der Waals surface area contributed by atoms with Gasteiger partial charge >= 0.3 is 0 Å². The van der Waals surface area contributed by atoms with Crippen molar-refractivity contribution in [2.45, 2.75) is 12.5 Å².